The number of hydrogen-bond acceptors (Lipinski definition) is 4. The Labute approximate surface area is 147 Å². The topological polar surface area (TPSA) is 116 Å². The fourth-order valence-electron chi connectivity index (χ4n) is 2.70. The van der Waals surface area contributed by atoms with Crippen LogP contribution in [0.25, 0.3) is 0 Å². The largest absolute Gasteiger partial charge is 0.480 e. The lowest BCUT2D eigenvalue weighted by atomic mass is 9.89. The number of carboxylic acids is 1. The first-order valence-electron chi connectivity index (χ1n) is 8.42. The molecular weight excluding hydrogens is 324 g/mol. The monoisotopic (exact) mass is 350 g/mol. The molecule has 0 aliphatic carbocycles. The molecule has 7 heteroatoms. The van der Waals surface area contributed by atoms with Gasteiger partial charge in [0.05, 0.1) is 12.0 Å². The van der Waals surface area contributed by atoms with E-state index >= 15 is 0 Å². The Balaban J connectivity index is 2.63. The first-order valence-corrected chi connectivity index (χ1v) is 8.42. The maximum absolute atomic E-state index is 12.2. The normalized spacial score (nSPS) is 11.0. The summed E-state index contributed by atoms with van der Waals surface area (Å²) < 4.78 is 0. The summed E-state index contributed by atoms with van der Waals surface area (Å²) in [6, 6.07) is 6.12. The van der Waals surface area contributed by atoms with Crippen molar-refractivity contribution in [2.24, 2.45) is 0 Å². The zero-order chi connectivity index (χ0) is 18.9. The predicted octanol–water partition coefficient (Wildman–Crippen LogP) is 2.16. The van der Waals surface area contributed by atoms with E-state index < -0.39 is 24.0 Å². The second-order valence-corrected chi connectivity index (χ2v) is 6.10. The second-order valence-electron chi connectivity index (χ2n) is 6.10. The number of hydrogen-bond donors (Lipinski definition) is 4. The summed E-state index contributed by atoms with van der Waals surface area (Å²) in [5, 5.41) is 24.0. The molecule has 1 aromatic carbocycles. The average Bonchev–Trinajstić information content (AvgIpc) is 2.53. The van der Waals surface area contributed by atoms with Gasteiger partial charge in [-0.15, -0.1) is 0 Å². The van der Waals surface area contributed by atoms with Gasteiger partial charge in [0.1, 0.15) is 6.54 Å². The molecule has 0 saturated carbocycles. The molecule has 7 nitrogen and oxygen atoms in total. The van der Waals surface area contributed by atoms with Crippen molar-refractivity contribution in [3.8, 4) is 0 Å². The van der Waals surface area contributed by atoms with E-state index in [2.05, 4.69) is 10.6 Å². The lowest BCUT2D eigenvalue weighted by Crippen LogP contribution is -2.33. The molecule has 1 aromatic rings. The predicted molar refractivity (Wildman–Crippen MR) is 94.4 cm³/mol. The fraction of sp³-hybridized carbons (Fsp3) is 0.500. The number of nitrogens with one attached hydrogen (secondary N) is 2. The number of amides is 2. The van der Waals surface area contributed by atoms with Gasteiger partial charge in [0.15, 0.2) is 0 Å². The first kappa shape index (κ1) is 20.6. The second kappa shape index (κ2) is 9.78. The van der Waals surface area contributed by atoms with Crippen molar-refractivity contribution < 1.29 is 24.6 Å². The Morgan fingerprint density at radius 3 is 2.08 bits per heavy atom. The van der Waals surface area contributed by atoms with Crippen molar-refractivity contribution in [1.29, 1.82) is 0 Å². The summed E-state index contributed by atoms with van der Waals surface area (Å²) in [7, 11) is 0. The average molecular weight is 350 g/mol. The summed E-state index contributed by atoms with van der Waals surface area (Å²) in [4.78, 5) is 34.3. The third-order valence-corrected chi connectivity index (χ3v) is 3.75. The molecule has 4 N–H and O–H groups in total. The van der Waals surface area contributed by atoms with Gasteiger partial charge in [0.25, 0.3) is 5.91 Å². The number of aliphatic hydroxyl groups is 1. The maximum atomic E-state index is 12.2. The highest BCUT2D eigenvalue weighted by Gasteiger charge is 2.28. The Kier molecular flexibility index (Phi) is 8.07. The summed E-state index contributed by atoms with van der Waals surface area (Å²) in [6.07, 6.45) is 2.75. The van der Waals surface area contributed by atoms with E-state index in [1.54, 1.807) is 12.1 Å². The lowest BCUT2D eigenvalue weighted by Gasteiger charge is -2.26. The third-order valence-electron chi connectivity index (χ3n) is 3.75. The zero-order valence-corrected chi connectivity index (χ0v) is 14.7. The minimum atomic E-state index is -1.12. The number of rotatable bonds is 10. The Bertz CT molecular complexity index is 592. The fourth-order valence-corrected chi connectivity index (χ4v) is 2.70. The summed E-state index contributed by atoms with van der Waals surface area (Å²) in [5.41, 5.74) is -0.188. The molecule has 2 amide bonds. The van der Waals surface area contributed by atoms with Gasteiger partial charge in [-0.2, -0.15) is 0 Å². The van der Waals surface area contributed by atoms with E-state index in [0.717, 1.165) is 12.8 Å². The van der Waals surface area contributed by atoms with E-state index in [-0.39, 0.29) is 12.3 Å². The minimum Gasteiger partial charge on any atom is -0.480 e. The molecule has 0 spiro atoms. The lowest BCUT2D eigenvalue weighted by molar-refractivity contribution is -0.135. The van der Waals surface area contributed by atoms with Crippen LogP contribution in [0.1, 0.15) is 56.3 Å². The van der Waals surface area contributed by atoms with Gasteiger partial charge in [-0.05, 0) is 37.1 Å². The molecule has 25 heavy (non-hydrogen) atoms. The molecular formula is C18H26N2O5. The number of benzene rings is 1. The van der Waals surface area contributed by atoms with Crippen molar-refractivity contribution in [3.63, 3.8) is 0 Å². The standard InChI is InChI=1S/C18H26N2O5/c1-3-9-18(25,10-4-2)11-15(21)20-14-7-5-13(6-8-14)17(24)19-12-16(22)23/h5-8,25H,3-4,9-12H2,1-2H3,(H,19,24)(H,20,21)(H,22,23). The molecule has 0 bridgehead atoms. The zero-order valence-electron chi connectivity index (χ0n) is 14.7. The molecule has 0 saturated heterocycles. The third kappa shape index (κ3) is 7.34. The maximum Gasteiger partial charge on any atom is 0.322 e. The molecule has 0 unspecified atom stereocenters. The number of anilines is 1. The molecule has 1 rings (SSSR count). The highest BCUT2D eigenvalue weighted by atomic mass is 16.4. The quantitative estimate of drug-likeness (QED) is 0.516. The van der Waals surface area contributed by atoms with Crippen LogP contribution in [-0.4, -0.2) is 40.1 Å². The van der Waals surface area contributed by atoms with Gasteiger partial charge >= 0.3 is 5.97 Å². The molecule has 0 aromatic heterocycles. The van der Waals surface area contributed by atoms with Crippen LogP contribution < -0.4 is 10.6 Å². The van der Waals surface area contributed by atoms with E-state index in [0.29, 0.717) is 24.1 Å². The Hall–Kier alpha value is -2.41. The first-order chi connectivity index (χ1) is 11.8. The minimum absolute atomic E-state index is 0.0233. The van der Waals surface area contributed by atoms with Crippen LogP contribution in [0.2, 0.25) is 0 Å². The SMILES string of the molecule is CCCC(O)(CCC)CC(=O)Nc1ccc(C(=O)NCC(=O)O)cc1. The summed E-state index contributed by atoms with van der Waals surface area (Å²) in [5.74, 6) is -1.91. The van der Waals surface area contributed by atoms with Crippen molar-refractivity contribution >= 4 is 23.5 Å². The molecule has 0 aliphatic heterocycles. The highest BCUT2D eigenvalue weighted by Crippen LogP contribution is 2.24. The summed E-state index contributed by atoms with van der Waals surface area (Å²) in [6.45, 7) is 3.48. The van der Waals surface area contributed by atoms with Crippen LogP contribution in [0.15, 0.2) is 24.3 Å². The van der Waals surface area contributed by atoms with Gasteiger partial charge in [-0.1, -0.05) is 26.7 Å². The van der Waals surface area contributed by atoms with Gasteiger partial charge in [0.2, 0.25) is 5.91 Å². The van der Waals surface area contributed by atoms with E-state index in [1.807, 2.05) is 13.8 Å². The van der Waals surface area contributed by atoms with Gasteiger partial charge in [0, 0.05) is 11.3 Å². The smallest absolute Gasteiger partial charge is 0.322 e. The molecule has 138 valence electrons. The molecule has 0 radical (unpaired) electrons. The van der Waals surface area contributed by atoms with Gasteiger partial charge in [-0.25, -0.2) is 0 Å². The molecule has 0 aliphatic rings. The number of carboxylic acid groups (broad SMARTS) is 1. The molecule has 0 atom stereocenters. The Morgan fingerprint density at radius 2 is 1.60 bits per heavy atom. The number of carbonyl (C=O) groups is 3. The van der Waals surface area contributed by atoms with Crippen LogP contribution in [0.3, 0.4) is 0 Å². The molecule has 0 heterocycles. The molecule has 0 fully saturated rings. The van der Waals surface area contributed by atoms with E-state index in [4.69, 9.17) is 5.11 Å². The van der Waals surface area contributed by atoms with E-state index in [9.17, 15) is 19.5 Å². The highest BCUT2D eigenvalue weighted by molar-refractivity contribution is 5.97. The van der Waals surface area contributed by atoms with Gasteiger partial charge in [-0.3, -0.25) is 14.4 Å². The van der Waals surface area contributed by atoms with E-state index in [1.165, 1.54) is 12.1 Å². The number of carbonyl (C=O) groups excluding carboxylic acids is 2. The van der Waals surface area contributed by atoms with Crippen molar-refractivity contribution in [3.05, 3.63) is 29.8 Å². The summed E-state index contributed by atoms with van der Waals surface area (Å²) >= 11 is 0. The van der Waals surface area contributed by atoms with Crippen molar-refractivity contribution in [1.82, 2.24) is 5.32 Å². The Morgan fingerprint density at radius 1 is 1.04 bits per heavy atom. The van der Waals surface area contributed by atoms with Crippen molar-refractivity contribution in [2.75, 3.05) is 11.9 Å². The van der Waals surface area contributed by atoms with Crippen LogP contribution in [0.4, 0.5) is 5.69 Å². The van der Waals surface area contributed by atoms with Crippen LogP contribution in [0.5, 0.6) is 0 Å². The number of aliphatic carboxylic acids is 1. The van der Waals surface area contributed by atoms with Gasteiger partial charge < -0.3 is 20.8 Å². The van der Waals surface area contributed by atoms with Crippen LogP contribution in [-0.2, 0) is 9.59 Å². The van der Waals surface area contributed by atoms with Crippen molar-refractivity contribution in [2.45, 2.75) is 51.6 Å². The van der Waals surface area contributed by atoms with Crippen LogP contribution in [0, 0.1) is 0 Å². The van der Waals surface area contributed by atoms with Crippen LogP contribution >= 0.6 is 0 Å².